The Morgan fingerprint density at radius 1 is 0.312 bits per heavy atom. The molecule has 0 aliphatic rings. The van der Waals surface area contributed by atoms with E-state index in [0.29, 0.717) is 20.2 Å². The smallest absolute Gasteiger partial charge is 0.302 e. The summed E-state index contributed by atoms with van der Waals surface area (Å²) in [6.07, 6.45) is 0. The van der Waals surface area contributed by atoms with Gasteiger partial charge in [0.15, 0.2) is 0 Å². The molecule has 0 aliphatic carbocycles. The van der Waals surface area contributed by atoms with Gasteiger partial charge in [-0.2, -0.15) is 0 Å². The molecule has 0 atom stereocenters. The van der Waals surface area contributed by atoms with Crippen molar-refractivity contribution >= 4 is 5.97 Å². The Hall–Kier alpha value is -0.930. The topological polar surface area (TPSA) is 119 Å². The second-order valence-electron chi connectivity index (χ2n) is 7.41. The molecule has 0 aromatic heterocycles. The fourth-order valence-corrected chi connectivity index (χ4v) is 1.76. The van der Waals surface area contributed by atoms with Gasteiger partial charge in [0.2, 0.25) is 0 Å². The van der Waals surface area contributed by atoms with Crippen molar-refractivity contribution in [2.24, 2.45) is 0 Å². The van der Waals surface area contributed by atoms with Crippen LogP contribution in [-0.2, 0) is 56.9 Å². The molecule has 0 heterocycles. The van der Waals surface area contributed by atoms with E-state index in [1.165, 1.54) is 6.92 Å². The summed E-state index contributed by atoms with van der Waals surface area (Å²) in [5.41, 5.74) is 0. The van der Waals surface area contributed by atoms with E-state index in [0.717, 1.165) is 92.5 Å². The van der Waals surface area contributed by atoms with Crippen LogP contribution in [0.4, 0.5) is 0 Å². The molecule has 0 unspecified atom stereocenters. The minimum atomic E-state index is -0.211. The number of hydrogen-bond acceptors (Lipinski definition) is 12. The van der Waals surface area contributed by atoms with E-state index < -0.39 is 0 Å². The van der Waals surface area contributed by atoms with Crippen LogP contribution < -0.4 is 0 Å². The molecule has 12 heteroatoms. The number of carbonyl (C=O) groups excluding carboxylic acids is 1. The number of hydrogen-bond donors (Lipinski definition) is 0. The van der Waals surface area contributed by atoms with Crippen LogP contribution >= 0.6 is 0 Å². The maximum atomic E-state index is 9.82. The van der Waals surface area contributed by atoms with E-state index in [2.05, 4.69) is 14.2 Å². The third-order valence-electron chi connectivity index (χ3n) is 3.61. The summed E-state index contributed by atoms with van der Waals surface area (Å²) >= 11 is 0. The lowest BCUT2D eigenvalue weighted by molar-refractivity contribution is -0.140. The van der Waals surface area contributed by atoms with Crippen molar-refractivity contribution in [3.8, 4) is 0 Å². The molecule has 0 spiro atoms. The van der Waals surface area contributed by atoms with Crippen LogP contribution in [0.2, 0.25) is 0 Å². The maximum Gasteiger partial charge on any atom is 0.302 e. The standard InChI is InChI=1S/2C4H10O2.C4H8O2.6C4H10O/c2*1-3-6-4-5-2;1-3-6-4(2)5;6*1-3-5-4-2/h2*3-4H2,1-2H3;3H2,1-2H3;6*3-4H2,1-2H3. The molecule has 0 saturated carbocycles. The largest absolute Gasteiger partial charge is 0.466 e. The first kappa shape index (κ1) is 68.9. The van der Waals surface area contributed by atoms with Gasteiger partial charge in [-0.1, -0.05) is 0 Å². The monoisotopic (exact) mass is 713 g/mol. The zero-order valence-electron chi connectivity index (χ0n) is 35.4. The average Bonchev–Trinajstić information content (AvgIpc) is 3.07. The molecule has 0 amide bonds. The lowest BCUT2D eigenvalue weighted by Crippen LogP contribution is -1.95. The highest BCUT2D eigenvalue weighted by Crippen LogP contribution is 1.71. The highest BCUT2D eigenvalue weighted by atomic mass is 16.7. The molecular formula is C36H88O12. The molecular weight excluding hydrogens is 624 g/mol. The van der Waals surface area contributed by atoms with Crippen molar-refractivity contribution in [2.75, 3.05) is 127 Å². The van der Waals surface area contributed by atoms with Gasteiger partial charge < -0.3 is 52.1 Å². The zero-order valence-corrected chi connectivity index (χ0v) is 35.4. The van der Waals surface area contributed by atoms with E-state index in [9.17, 15) is 4.79 Å². The van der Waals surface area contributed by atoms with E-state index in [4.69, 9.17) is 37.9 Å². The van der Waals surface area contributed by atoms with Crippen molar-refractivity contribution in [1.82, 2.24) is 0 Å². The molecule has 0 rings (SSSR count). The number of rotatable bonds is 19. The highest BCUT2D eigenvalue weighted by Gasteiger charge is 1.81. The van der Waals surface area contributed by atoms with Crippen molar-refractivity contribution in [2.45, 2.75) is 111 Å². The summed E-state index contributed by atoms with van der Waals surface area (Å²) < 4.78 is 52.0. The molecule has 0 radical (unpaired) electrons. The first-order valence-corrected chi connectivity index (χ1v) is 17.8. The minimum Gasteiger partial charge on any atom is -0.466 e. The van der Waals surface area contributed by atoms with Crippen LogP contribution in [0.5, 0.6) is 0 Å². The molecule has 0 bridgehead atoms. The molecule has 304 valence electrons. The van der Waals surface area contributed by atoms with Gasteiger partial charge in [-0.25, -0.2) is 0 Å². The lowest BCUT2D eigenvalue weighted by Gasteiger charge is -1.93. The Labute approximate surface area is 300 Å². The first-order chi connectivity index (χ1) is 23.1. The minimum absolute atomic E-state index is 0.211. The van der Waals surface area contributed by atoms with E-state index in [1.807, 2.05) is 96.9 Å². The van der Waals surface area contributed by atoms with Gasteiger partial charge in [0.25, 0.3) is 0 Å². The summed E-state index contributed by atoms with van der Waals surface area (Å²) in [6.45, 7) is 43.8. The van der Waals surface area contributed by atoms with E-state index in [-0.39, 0.29) is 5.97 Å². The molecule has 0 aromatic carbocycles. The Balaban J connectivity index is -0.0000000510. The summed E-state index contributed by atoms with van der Waals surface area (Å²) in [4.78, 5) is 9.82. The van der Waals surface area contributed by atoms with Crippen LogP contribution in [0.25, 0.3) is 0 Å². The molecule has 0 aromatic rings. The molecule has 48 heavy (non-hydrogen) atoms. The van der Waals surface area contributed by atoms with Gasteiger partial charge in [-0.3, -0.25) is 4.79 Å². The average molecular weight is 713 g/mol. The van der Waals surface area contributed by atoms with Crippen molar-refractivity contribution in [3.63, 3.8) is 0 Å². The van der Waals surface area contributed by atoms with Gasteiger partial charge in [0.1, 0.15) is 13.6 Å². The van der Waals surface area contributed by atoms with Crippen LogP contribution in [0, 0.1) is 0 Å². The third-order valence-corrected chi connectivity index (χ3v) is 3.61. The predicted molar refractivity (Wildman–Crippen MR) is 202 cm³/mol. The summed E-state index contributed by atoms with van der Waals surface area (Å²) in [5.74, 6) is -0.211. The van der Waals surface area contributed by atoms with Crippen LogP contribution in [0.3, 0.4) is 0 Å². The quantitative estimate of drug-likeness (QED) is 0.0732. The summed E-state index contributed by atoms with van der Waals surface area (Å²) in [6, 6.07) is 0. The molecule has 0 aliphatic heterocycles. The Kier molecular flexibility index (Phi) is 149. The lowest BCUT2D eigenvalue weighted by atomic mass is 10.8. The van der Waals surface area contributed by atoms with Gasteiger partial charge in [-0.15, -0.1) is 0 Å². The Morgan fingerprint density at radius 3 is 0.500 bits per heavy atom. The second kappa shape index (κ2) is 103. The number of ether oxygens (including phenoxy) is 11. The maximum absolute atomic E-state index is 9.82. The SMILES string of the molecule is CCOC(C)=O.CCOCC.CCOCC.CCOCC.CCOCC.CCOCC.CCOCC.CCOCOC.CCOCOC. The number of methoxy groups -OCH3 is 2. The van der Waals surface area contributed by atoms with Crippen molar-refractivity contribution < 1.29 is 56.9 Å². The second-order valence-corrected chi connectivity index (χ2v) is 7.41. The first-order valence-electron chi connectivity index (χ1n) is 17.8. The Bertz CT molecular complexity index is 306. The molecule has 0 saturated heterocycles. The fraction of sp³-hybridized carbons (Fsp3) is 0.972. The summed E-state index contributed by atoms with van der Waals surface area (Å²) in [7, 11) is 3.21. The van der Waals surface area contributed by atoms with Gasteiger partial charge in [0.05, 0.1) is 6.61 Å². The van der Waals surface area contributed by atoms with Crippen LogP contribution in [0.15, 0.2) is 0 Å². The normalized spacial score (nSPS) is 8.46. The van der Waals surface area contributed by atoms with Crippen molar-refractivity contribution in [1.29, 1.82) is 0 Å². The van der Waals surface area contributed by atoms with E-state index >= 15 is 0 Å². The molecule has 0 N–H and O–H groups in total. The number of carbonyl (C=O) groups is 1. The number of esters is 1. The van der Waals surface area contributed by atoms with Gasteiger partial charge in [0, 0.05) is 114 Å². The zero-order chi connectivity index (χ0) is 39.4. The van der Waals surface area contributed by atoms with Gasteiger partial charge >= 0.3 is 5.97 Å². The molecule has 12 nitrogen and oxygen atoms in total. The van der Waals surface area contributed by atoms with Gasteiger partial charge in [-0.05, 0) is 104 Å². The third kappa shape index (κ3) is 217. The highest BCUT2D eigenvalue weighted by molar-refractivity contribution is 5.65. The Morgan fingerprint density at radius 2 is 0.479 bits per heavy atom. The molecule has 0 fully saturated rings. The predicted octanol–water partition coefficient (Wildman–Crippen LogP) is 8.08. The fourth-order valence-electron chi connectivity index (χ4n) is 1.76. The van der Waals surface area contributed by atoms with E-state index in [1.54, 1.807) is 21.1 Å². The van der Waals surface area contributed by atoms with Crippen LogP contribution in [0.1, 0.15) is 111 Å². The van der Waals surface area contributed by atoms with Crippen LogP contribution in [-0.4, -0.2) is 133 Å². The summed E-state index contributed by atoms with van der Waals surface area (Å²) in [5, 5.41) is 0. The van der Waals surface area contributed by atoms with Crippen molar-refractivity contribution in [3.05, 3.63) is 0 Å².